The highest BCUT2D eigenvalue weighted by molar-refractivity contribution is 5.79. The summed E-state index contributed by atoms with van der Waals surface area (Å²) in [5.41, 5.74) is 2.77. The van der Waals surface area contributed by atoms with Gasteiger partial charge in [-0.2, -0.15) is 0 Å². The number of nitrogens with two attached hydrogens (primary N) is 1. The summed E-state index contributed by atoms with van der Waals surface area (Å²) in [6.07, 6.45) is 5.61. The Labute approximate surface area is 117 Å². The van der Waals surface area contributed by atoms with E-state index in [0.717, 1.165) is 44.7 Å². The van der Waals surface area contributed by atoms with Gasteiger partial charge in [0.2, 0.25) is 5.96 Å². The number of rotatable bonds is 3. The molecule has 5 nitrogen and oxygen atoms in total. The van der Waals surface area contributed by atoms with Gasteiger partial charge < -0.3 is 4.90 Å². The van der Waals surface area contributed by atoms with Crippen molar-refractivity contribution in [3.05, 3.63) is 0 Å². The zero-order valence-corrected chi connectivity index (χ0v) is 12.4. The topological polar surface area (TPSA) is 56.9 Å². The molecule has 19 heavy (non-hydrogen) atoms. The van der Waals surface area contributed by atoms with Gasteiger partial charge in [-0.15, -0.1) is 0 Å². The van der Waals surface area contributed by atoms with E-state index in [2.05, 4.69) is 34.1 Å². The molecular weight excluding hydrogens is 238 g/mol. The molecule has 0 unspecified atom stereocenters. The Balaban J connectivity index is 1.82. The summed E-state index contributed by atoms with van der Waals surface area (Å²) < 4.78 is 0. The Morgan fingerprint density at radius 3 is 2.37 bits per heavy atom. The summed E-state index contributed by atoms with van der Waals surface area (Å²) in [6, 6.07) is 0.837. The van der Waals surface area contributed by atoms with E-state index in [1.165, 1.54) is 25.7 Å². The number of aliphatic imine (C=N–C) groups is 1. The average Bonchev–Trinajstić information content (AvgIpc) is 2.94. The summed E-state index contributed by atoms with van der Waals surface area (Å²) in [6.45, 7) is 9.56. The van der Waals surface area contributed by atoms with Crippen LogP contribution in [0.4, 0.5) is 0 Å². The lowest BCUT2D eigenvalue weighted by Gasteiger charge is -2.39. The Bertz CT molecular complexity index is 288. The fourth-order valence-corrected chi connectivity index (χ4v) is 3.07. The van der Waals surface area contributed by atoms with Gasteiger partial charge in [0.05, 0.1) is 0 Å². The normalized spacial score (nSPS) is 23.4. The first-order chi connectivity index (χ1) is 9.20. The van der Waals surface area contributed by atoms with Gasteiger partial charge in [0.1, 0.15) is 0 Å². The molecule has 0 bridgehead atoms. The third-order valence-corrected chi connectivity index (χ3v) is 4.19. The first-order valence-corrected chi connectivity index (χ1v) is 7.70. The van der Waals surface area contributed by atoms with Crippen LogP contribution in [-0.2, 0) is 0 Å². The summed E-state index contributed by atoms with van der Waals surface area (Å²) in [7, 11) is 0. The van der Waals surface area contributed by atoms with Gasteiger partial charge in [-0.1, -0.05) is 26.7 Å². The van der Waals surface area contributed by atoms with E-state index in [1.54, 1.807) is 0 Å². The van der Waals surface area contributed by atoms with Crippen LogP contribution in [0.25, 0.3) is 0 Å². The highest BCUT2D eigenvalue weighted by Gasteiger charge is 2.26. The van der Waals surface area contributed by atoms with Crippen molar-refractivity contribution < 1.29 is 0 Å². The highest BCUT2D eigenvalue weighted by atomic mass is 15.4. The van der Waals surface area contributed by atoms with Crippen molar-refractivity contribution in [3.8, 4) is 0 Å². The Morgan fingerprint density at radius 1 is 1.21 bits per heavy atom. The second kappa shape index (κ2) is 7.10. The number of hydrogen-bond acceptors (Lipinski definition) is 3. The molecule has 110 valence electrons. The van der Waals surface area contributed by atoms with Crippen LogP contribution in [0.15, 0.2) is 4.99 Å². The second-order valence-electron chi connectivity index (χ2n) is 6.16. The quantitative estimate of drug-likeness (QED) is 0.347. The van der Waals surface area contributed by atoms with E-state index in [0.29, 0.717) is 5.92 Å². The maximum atomic E-state index is 5.61. The molecule has 1 saturated carbocycles. The SMILES string of the molecule is CC(C)CN=C(NN)N1CCN(C2CCCC2)CC1. The van der Waals surface area contributed by atoms with Crippen LogP contribution >= 0.6 is 0 Å². The van der Waals surface area contributed by atoms with Crippen LogP contribution < -0.4 is 11.3 Å². The number of piperazine rings is 1. The summed E-state index contributed by atoms with van der Waals surface area (Å²) >= 11 is 0. The zero-order chi connectivity index (χ0) is 13.7. The molecule has 5 heteroatoms. The molecule has 0 aromatic heterocycles. The Hall–Kier alpha value is -0.810. The summed E-state index contributed by atoms with van der Waals surface area (Å²) in [5, 5.41) is 0. The van der Waals surface area contributed by atoms with Crippen molar-refractivity contribution in [1.29, 1.82) is 0 Å². The molecule has 0 atom stereocenters. The van der Waals surface area contributed by atoms with Crippen LogP contribution in [0.1, 0.15) is 39.5 Å². The van der Waals surface area contributed by atoms with Crippen LogP contribution in [0.2, 0.25) is 0 Å². The van der Waals surface area contributed by atoms with E-state index in [-0.39, 0.29) is 0 Å². The zero-order valence-electron chi connectivity index (χ0n) is 12.4. The highest BCUT2D eigenvalue weighted by Crippen LogP contribution is 2.24. The maximum Gasteiger partial charge on any atom is 0.208 e. The lowest BCUT2D eigenvalue weighted by Crippen LogP contribution is -2.55. The van der Waals surface area contributed by atoms with Gasteiger partial charge >= 0.3 is 0 Å². The third-order valence-electron chi connectivity index (χ3n) is 4.19. The van der Waals surface area contributed by atoms with Crippen LogP contribution in [0.3, 0.4) is 0 Å². The van der Waals surface area contributed by atoms with Gasteiger partial charge in [-0.05, 0) is 18.8 Å². The molecule has 0 spiro atoms. The summed E-state index contributed by atoms with van der Waals surface area (Å²) in [5.74, 6) is 7.04. The number of guanidine groups is 1. The van der Waals surface area contributed by atoms with E-state index in [1.807, 2.05) is 0 Å². The predicted octanol–water partition coefficient (Wildman–Crippen LogP) is 1.02. The van der Waals surface area contributed by atoms with Crippen molar-refractivity contribution in [2.24, 2.45) is 16.8 Å². The minimum Gasteiger partial charge on any atom is -0.339 e. The molecule has 0 amide bonds. The minimum absolute atomic E-state index is 0.572. The van der Waals surface area contributed by atoms with Crippen LogP contribution in [0, 0.1) is 5.92 Å². The van der Waals surface area contributed by atoms with Gasteiger partial charge in [0.25, 0.3) is 0 Å². The fourth-order valence-electron chi connectivity index (χ4n) is 3.07. The molecule has 1 aliphatic carbocycles. The van der Waals surface area contributed by atoms with Crippen molar-refractivity contribution in [2.75, 3.05) is 32.7 Å². The molecule has 0 aromatic rings. The standard InChI is InChI=1S/C14H29N5/c1-12(2)11-16-14(17-15)19-9-7-18(8-10-19)13-5-3-4-6-13/h12-13H,3-11,15H2,1-2H3,(H,16,17). The first kappa shape index (κ1) is 14.6. The number of hydrazine groups is 1. The Kier molecular flexibility index (Phi) is 5.45. The molecule has 2 fully saturated rings. The van der Waals surface area contributed by atoms with Gasteiger partial charge in [0.15, 0.2) is 0 Å². The fraction of sp³-hybridized carbons (Fsp3) is 0.929. The van der Waals surface area contributed by atoms with Crippen LogP contribution in [0.5, 0.6) is 0 Å². The van der Waals surface area contributed by atoms with Crippen LogP contribution in [-0.4, -0.2) is 54.5 Å². The molecule has 1 saturated heterocycles. The van der Waals surface area contributed by atoms with Gasteiger partial charge in [-0.3, -0.25) is 15.3 Å². The van der Waals surface area contributed by atoms with E-state index in [4.69, 9.17) is 5.84 Å². The smallest absolute Gasteiger partial charge is 0.208 e. The number of hydrogen-bond donors (Lipinski definition) is 2. The summed E-state index contributed by atoms with van der Waals surface area (Å²) in [4.78, 5) is 9.51. The molecule has 2 aliphatic rings. The lowest BCUT2D eigenvalue weighted by molar-refractivity contribution is 0.132. The van der Waals surface area contributed by atoms with Crippen molar-refractivity contribution >= 4 is 5.96 Å². The monoisotopic (exact) mass is 267 g/mol. The third kappa shape index (κ3) is 4.08. The number of nitrogens with one attached hydrogen (secondary N) is 1. The van der Waals surface area contributed by atoms with Crippen molar-refractivity contribution in [3.63, 3.8) is 0 Å². The molecule has 2 rings (SSSR count). The van der Waals surface area contributed by atoms with E-state index in [9.17, 15) is 0 Å². The molecule has 0 aromatic carbocycles. The molecule has 0 radical (unpaired) electrons. The van der Waals surface area contributed by atoms with Crippen molar-refractivity contribution in [2.45, 2.75) is 45.6 Å². The Morgan fingerprint density at radius 2 is 1.84 bits per heavy atom. The molecule has 3 N–H and O–H groups in total. The average molecular weight is 267 g/mol. The van der Waals surface area contributed by atoms with E-state index < -0.39 is 0 Å². The molecule has 1 aliphatic heterocycles. The second-order valence-corrected chi connectivity index (χ2v) is 6.16. The van der Waals surface area contributed by atoms with Gasteiger partial charge in [-0.25, -0.2) is 5.84 Å². The largest absolute Gasteiger partial charge is 0.339 e. The predicted molar refractivity (Wildman–Crippen MR) is 79.9 cm³/mol. The first-order valence-electron chi connectivity index (χ1n) is 7.70. The van der Waals surface area contributed by atoms with E-state index >= 15 is 0 Å². The van der Waals surface area contributed by atoms with Gasteiger partial charge in [0, 0.05) is 38.8 Å². The van der Waals surface area contributed by atoms with Crippen molar-refractivity contribution in [1.82, 2.24) is 15.2 Å². The minimum atomic E-state index is 0.572. The molecular formula is C14H29N5. The maximum absolute atomic E-state index is 5.61. The molecule has 1 heterocycles. The lowest BCUT2D eigenvalue weighted by atomic mass is 10.2. The number of nitrogens with zero attached hydrogens (tertiary/aromatic N) is 3.